The second kappa shape index (κ2) is 8.07. The molecule has 2 aromatic heterocycles. The fourth-order valence-corrected chi connectivity index (χ4v) is 2.63. The molecule has 0 bridgehead atoms. The number of aliphatic hydroxyl groups excluding tert-OH is 2. The molecule has 8 heteroatoms. The summed E-state index contributed by atoms with van der Waals surface area (Å²) in [7, 11) is 0. The summed E-state index contributed by atoms with van der Waals surface area (Å²) in [6.45, 7) is 1.96. The van der Waals surface area contributed by atoms with Gasteiger partial charge in [-0.1, -0.05) is 29.8 Å². The Labute approximate surface area is 155 Å². The van der Waals surface area contributed by atoms with E-state index in [2.05, 4.69) is 21.4 Å². The molecule has 1 unspecified atom stereocenters. The molecular formula is C19H19FN4O3. The molecule has 0 aliphatic carbocycles. The zero-order valence-corrected chi connectivity index (χ0v) is 14.6. The maximum atomic E-state index is 13.9. The van der Waals surface area contributed by atoms with E-state index in [1.165, 1.54) is 0 Å². The van der Waals surface area contributed by atoms with Crippen LogP contribution in [0.25, 0.3) is 0 Å². The van der Waals surface area contributed by atoms with Crippen molar-refractivity contribution >= 4 is 11.7 Å². The quantitative estimate of drug-likeness (QED) is 0.617. The van der Waals surface area contributed by atoms with Gasteiger partial charge in [-0.15, -0.1) is 0 Å². The Balaban J connectivity index is 1.68. The number of aryl methyl sites for hydroxylation is 1. The molecule has 0 saturated heterocycles. The molecule has 1 atom stereocenters. The zero-order valence-electron chi connectivity index (χ0n) is 14.6. The summed E-state index contributed by atoms with van der Waals surface area (Å²) in [6.07, 6.45) is 2.97. The molecule has 140 valence electrons. The van der Waals surface area contributed by atoms with Crippen LogP contribution in [0.2, 0.25) is 0 Å². The van der Waals surface area contributed by atoms with Gasteiger partial charge in [-0.25, -0.2) is 9.37 Å². The molecule has 27 heavy (non-hydrogen) atoms. The number of hydrogen-bond donors (Lipinski definition) is 3. The highest BCUT2D eigenvalue weighted by molar-refractivity contribution is 6.03. The zero-order chi connectivity index (χ0) is 19.4. The second-order valence-corrected chi connectivity index (χ2v) is 6.16. The van der Waals surface area contributed by atoms with Gasteiger partial charge in [0.25, 0.3) is 5.91 Å². The summed E-state index contributed by atoms with van der Waals surface area (Å²) in [5.74, 6) is -1.12. The first-order valence-electron chi connectivity index (χ1n) is 8.29. The van der Waals surface area contributed by atoms with Crippen molar-refractivity contribution in [2.45, 2.75) is 19.6 Å². The number of amides is 1. The van der Waals surface area contributed by atoms with Gasteiger partial charge in [0.15, 0.2) is 5.82 Å². The van der Waals surface area contributed by atoms with Crippen molar-refractivity contribution in [1.29, 1.82) is 0 Å². The summed E-state index contributed by atoms with van der Waals surface area (Å²) in [4.78, 5) is 20.1. The normalized spacial score (nSPS) is 12.0. The van der Waals surface area contributed by atoms with Crippen molar-refractivity contribution in [2.75, 3.05) is 11.9 Å². The highest BCUT2D eigenvalue weighted by atomic mass is 19.1. The molecule has 1 aromatic carbocycles. The minimum Gasteiger partial charge on any atom is -0.393 e. The number of nitrogens with zero attached hydrogens (tertiary/aromatic N) is 3. The number of carbonyl (C=O) groups is 1. The predicted octanol–water partition coefficient (Wildman–Crippen LogP) is 2.05. The molecule has 3 rings (SSSR count). The van der Waals surface area contributed by atoms with E-state index < -0.39 is 24.4 Å². The Morgan fingerprint density at radius 2 is 2.15 bits per heavy atom. The van der Waals surface area contributed by atoms with Crippen LogP contribution in [-0.2, 0) is 6.54 Å². The summed E-state index contributed by atoms with van der Waals surface area (Å²) in [5.41, 5.74) is 1.94. The van der Waals surface area contributed by atoms with Gasteiger partial charge in [-0.2, -0.15) is 0 Å². The number of pyridine rings is 1. The standard InChI is InChI=1S/C19H19FN4O3/c1-12-3-2-4-13(5-12)8-24-9-17(22-11-24)23-19(27)14-6-15(20)18(21-7-14)16(26)10-25/h2-7,9,11,16,25-26H,8,10H2,1H3,(H,23,27). The predicted molar refractivity (Wildman–Crippen MR) is 96.7 cm³/mol. The SMILES string of the molecule is Cc1cccc(Cn2cnc(NC(=O)c3cnc(C(O)CO)c(F)c3)c2)c1. The highest BCUT2D eigenvalue weighted by Gasteiger charge is 2.17. The number of aliphatic hydroxyl groups is 2. The fourth-order valence-electron chi connectivity index (χ4n) is 2.63. The van der Waals surface area contributed by atoms with Crippen LogP contribution in [0.15, 0.2) is 49.1 Å². The number of imidazole rings is 1. The number of nitrogens with one attached hydrogen (secondary N) is 1. The summed E-state index contributed by atoms with van der Waals surface area (Å²) < 4.78 is 15.8. The van der Waals surface area contributed by atoms with Crippen LogP contribution in [0.3, 0.4) is 0 Å². The maximum Gasteiger partial charge on any atom is 0.258 e. The average Bonchev–Trinajstić information content (AvgIpc) is 3.07. The van der Waals surface area contributed by atoms with E-state index in [1.807, 2.05) is 29.7 Å². The van der Waals surface area contributed by atoms with Crippen LogP contribution in [0, 0.1) is 12.7 Å². The molecule has 2 heterocycles. The molecule has 0 radical (unpaired) electrons. The van der Waals surface area contributed by atoms with Gasteiger partial charge in [0.05, 0.1) is 18.5 Å². The third kappa shape index (κ3) is 4.55. The molecule has 3 aromatic rings. The molecule has 0 aliphatic rings. The summed E-state index contributed by atoms with van der Waals surface area (Å²) in [6, 6.07) is 9.02. The third-order valence-electron chi connectivity index (χ3n) is 3.94. The Morgan fingerprint density at radius 1 is 1.33 bits per heavy atom. The van der Waals surface area contributed by atoms with E-state index in [-0.39, 0.29) is 11.3 Å². The first kappa shape index (κ1) is 18.7. The molecule has 7 nitrogen and oxygen atoms in total. The summed E-state index contributed by atoms with van der Waals surface area (Å²) >= 11 is 0. The van der Waals surface area contributed by atoms with E-state index >= 15 is 0 Å². The largest absolute Gasteiger partial charge is 0.393 e. The molecule has 1 amide bonds. The average molecular weight is 370 g/mol. The van der Waals surface area contributed by atoms with Crippen LogP contribution in [0.4, 0.5) is 10.2 Å². The lowest BCUT2D eigenvalue weighted by molar-refractivity contribution is 0.0887. The molecule has 0 saturated carbocycles. The van der Waals surface area contributed by atoms with Crippen molar-refractivity contribution in [3.05, 3.63) is 77.3 Å². The first-order chi connectivity index (χ1) is 13.0. The van der Waals surface area contributed by atoms with Crippen molar-refractivity contribution < 1.29 is 19.4 Å². The Kier molecular flexibility index (Phi) is 5.58. The number of hydrogen-bond acceptors (Lipinski definition) is 5. The lowest BCUT2D eigenvalue weighted by atomic mass is 10.1. The minimum atomic E-state index is -1.43. The van der Waals surface area contributed by atoms with Crippen molar-refractivity contribution in [1.82, 2.24) is 14.5 Å². The van der Waals surface area contributed by atoms with Gasteiger partial charge in [0.2, 0.25) is 0 Å². The molecular weight excluding hydrogens is 351 g/mol. The second-order valence-electron chi connectivity index (χ2n) is 6.16. The van der Waals surface area contributed by atoms with E-state index in [9.17, 15) is 14.3 Å². The van der Waals surface area contributed by atoms with Crippen molar-refractivity contribution in [3.63, 3.8) is 0 Å². The van der Waals surface area contributed by atoms with Crippen LogP contribution in [0.1, 0.15) is 33.3 Å². The Bertz CT molecular complexity index is 958. The van der Waals surface area contributed by atoms with Gasteiger partial charge < -0.3 is 20.1 Å². The number of carbonyl (C=O) groups excluding carboxylic acids is 1. The van der Waals surface area contributed by atoms with E-state index in [1.54, 1.807) is 12.5 Å². The lowest BCUT2D eigenvalue weighted by Crippen LogP contribution is -2.15. The molecule has 0 aliphatic heterocycles. The van der Waals surface area contributed by atoms with E-state index in [0.29, 0.717) is 12.4 Å². The number of halogens is 1. The molecule has 0 fully saturated rings. The van der Waals surface area contributed by atoms with E-state index in [4.69, 9.17) is 5.11 Å². The smallest absolute Gasteiger partial charge is 0.258 e. The monoisotopic (exact) mass is 370 g/mol. The van der Waals surface area contributed by atoms with Crippen molar-refractivity contribution in [2.24, 2.45) is 0 Å². The molecule has 3 N–H and O–H groups in total. The maximum absolute atomic E-state index is 13.9. The Hall–Kier alpha value is -3.10. The molecule has 0 spiro atoms. The van der Waals surface area contributed by atoms with Crippen LogP contribution in [-0.4, -0.2) is 37.3 Å². The number of rotatable bonds is 6. The van der Waals surface area contributed by atoms with E-state index in [0.717, 1.165) is 23.4 Å². The van der Waals surface area contributed by atoms with Crippen LogP contribution < -0.4 is 5.32 Å². The minimum absolute atomic E-state index is 0.0189. The van der Waals surface area contributed by atoms with Gasteiger partial charge in [-0.3, -0.25) is 9.78 Å². The number of aromatic nitrogens is 3. The topological polar surface area (TPSA) is 100 Å². The van der Waals surface area contributed by atoms with Crippen LogP contribution in [0.5, 0.6) is 0 Å². The van der Waals surface area contributed by atoms with Gasteiger partial charge in [-0.05, 0) is 18.6 Å². The van der Waals surface area contributed by atoms with Gasteiger partial charge >= 0.3 is 0 Å². The highest BCUT2D eigenvalue weighted by Crippen LogP contribution is 2.16. The first-order valence-corrected chi connectivity index (χ1v) is 8.29. The Morgan fingerprint density at radius 3 is 2.85 bits per heavy atom. The van der Waals surface area contributed by atoms with Gasteiger partial charge in [0.1, 0.15) is 17.6 Å². The number of benzene rings is 1. The third-order valence-corrected chi connectivity index (χ3v) is 3.94. The lowest BCUT2D eigenvalue weighted by Gasteiger charge is -2.09. The summed E-state index contributed by atoms with van der Waals surface area (Å²) in [5, 5.41) is 20.9. The number of anilines is 1. The van der Waals surface area contributed by atoms with Crippen molar-refractivity contribution in [3.8, 4) is 0 Å². The fraction of sp³-hybridized carbons (Fsp3) is 0.211. The van der Waals surface area contributed by atoms with Crippen LogP contribution >= 0.6 is 0 Å². The van der Waals surface area contributed by atoms with Gasteiger partial charge in [0, 0.05) is 18.9 Å².